The van der Waals surface area contributed by atoms with Crippen molar-refractivity contribution in [2.75, 3.05) is 11.9 Å². The number of nitrogens with one attached hydrogen (secondary N) is 1. The Bertz CT molecular complexity index is 751. The molecule has 24 heavy (non-hydrogen) atoms. The summed E-state index contributed by atoms with van der Waals surface area (Å²) >= 11 is 1.36. The van der Waals surface area contributed by atoms with Crippen molar-refractivity contribution in [3.05, 3.63) is 54.2 Å². The summed E-state index contributed by atoms with van der Waals surface area (Å²) in [6, 6.07) is 13.3. The summed E-state index contributed by atoms with van der Waals surface area (Å²) in [5.74, 6) is -0.201. The van der Waals surface area contributed by atoms with Crippen molar-refractivity contribution < 1.29 is 9.59 Å². The number of carbonyl (C=O) groups excluding carboxylic acids is 2. The van der Waals surface area contributed by atoms with Crippen LogP contribution in [0.3, 0.4) is 0 Å². The van der Waals surface area contributed by atoms with Crippen molar-refractivity contribution >= 4 is 29.3 Å². The molecule has 0 unspecified atom stereocenters. The summed E-state index contributed by atoms with van der Waals surface area (Å²) in [7, 11) is 1.72. The Kier molecular flexibility index (Phi) is 4.85. The first-order valence-corrected chi connectivity index (χ1v) is 8.68. The molecule has 1 aliphatic rings. The number of thioether (sulfide) groups is 1. The molecule has 3 rings (SSSR count). The van der Waals surface area contributed by atoms with Gasteiger partial charge in [0.15, 0.2) is 0 Å². The van der Waals surface area contributed by atoms with Gasteiger partial charge >= 0.3 is 0 Å². The number of carbonyl (C=O) groups is 2. The van der Waals surface area contributed by atoms with Crippen LogP contribution < -0.4 is 10.2 Å². The molecular formula is C18H19N3O2S. The van der Waals surface area contributed by atoms with Gasteiger partial charge in [-0.25, -0.2) is 4.98 Å². The normalized spacial score (nSPS) is 18.0. The zero-order chi connectivity index (χ0) is 17.1. The number of anilines is 1. The molecule has 2 atom stereocenters. The second-order valence-corrected chi connectivity index (χ2v) is 6.93. The van der Waals surface area contributed by atoms with Crippen molar-refractivity contribution in [2.24, 2.45) is 0 Å². The number of nitrogens with zero attached hydrogens (tertiary/aromatic N) is 2. The molecule has 0 aliphatic carbocycles. The Morgan fingerprint density at radius 1 is 1.29 bits per heavy atom. The molecule has 1 N–H and O–H groups in total. The monoisotopic (exact) mass is 341 g/mol. The molecule has 1 aromatic carbocycles. The minimum Gasteiger partial charge on any atom is -0.350 e. The average Bonchev–Trinajstić information content (AvgIpc) is 2.60. The lowest BCUT2D eigenvalue weighted by Gasteiger charge is -2.30. The molecule has 0 saturated carbocycles. The van der Waals surface area contributed by atoms with Gasteiger partial charge in [0.25, 0.3) is 0 Å². The van der Waals surface area contributed by atoms with Crippen molar-refractivity contribution in [3.63, 3.8) is 0 Å². The summed E-state index contributed by atoms with van der Waals surface area (Å²) in [5.41, 5.74) is 1.83. The van der Waals surface area contributed by atoms with E-state index in [-0.39, 0.29) is 24.3 Å². The van der Waals surface area contributed by atoms with E-state index in [1.165, 1.54) is 11.8 Å². The Morgan fingerprint density at radius 3 is 2.79 bits per heavy atom. The zero-order valence-corrected chi connectivity index (χ0v) is 14.4. The number of fused-ring (bicyclic) bond motifs is 1. The van der Waals surface area contributed by atoms with E-state index in [4.69, 9.17) is 0 Å². The largest absolute Gasteiger partial charge is 0.350 e. The standard InChI is InChI=1S/C18H19N3O2S/c1-12(13-7-4-3-5-8-13)20-16(22)11-15-18(23)21(2)14-9-6-10-19-17(14)24-15/h3-10,12,15H,11H2,1-2H3,(H,20,22)/t12-,15+/m1/s1. The fourth-order valence-electron chi connectivity index (χ4n) is 2.67. The van der Waals surface area contributed by atoms with E-state index < -0.39 is 5.25 Å². The number of aromatic nitrogens is 1. The molecule has 2 aromatic rings. The first kappa shape index (κ1) is 16.5. The number of hydrogen-bond donors (Lipinski definition) is 1. The molecule has 0 saturated heterocycles. The summed E-state index contributed by atoms with van der Waals surface area (Å²) in [6.45, 7) is 1.94. The maximum Gasteiger partial charge on any atom is 0.240 e. The van der Waals surface area contributed by atoms with Gasteiger partial charge < -0.3 is 10.2 Å². The second kappa shape index (κ2) is 7.05. The van der Waals surface area contributed by atoms with Gasteiger partial charge in [0.1, 0.15) is 5.03 Å². The number of amides is 2. The van der Waals surface area contributed by atoms with Crippen molar-refractivity contribution in [1.82, 2.24) is 10.3 Å². The van der Waals surface area contributed by atoms with Crippen LogP contribution in [-0.4, -0.2) is 29.1 Å². The van der Waals surface area contributed by atoms with E-state index in [1.807, 2.05) is 43.3 Å². The van der Waals surface area contributed by atoms with Crippen molar-refractivity contribution in [1.29, 1.82) is 0 Å². The molecule has 124 valence electrons. The van der Waals surface area contributed by atoms with Gasteiger partial charge in [0.2, 0.25) is 11.8 Å². The molecule has 1 aliphatic heterocycles. The van der Waals surface area contributed by atoms with Gasteiger partial charge in [-0.3, -0.25) is 9.59 Å². The van der Waals surface area contributed by atoms with E-state index in [9.17, 15) is 9.59 Å². The fourth-order valence-corrected chi connectivity index (χ4v) is 3.88. The third-order valence-corrected chi connectivity index (χ3v) is 5.21. The first-order valence-electron chi connectivity index (χ1n) is 7.80. The minimum atomic E-state index is -0.444. The highest BCUT2D eigenvalue weighted by Gasteiger charge is 2.33. The van der Waals surface area contributed by atoms with Gasteiger partial charge in [-0.15, -0.1) is 0 Å². The highest BCUT2D eigenvalue weighted by Crippen LogP contribution is 2.37. The van der Waals surface area contributed by atoms with Crippen LogP contribution in [0.5, 0.6) is 0 Å². The molecule has 6 heteroatoms. The van der Waals surface area contributed by atoms with Gasteiger partial charge in [-0.1, -0.05) is 42.1 Å². The Hall–Kier alpha value is -2.34. The Balaban J connectivity index is 1.66. The molecular weight excluding hydrogens is 322 g/mol. The van der Waals surface area contributed by atoms with Crippen LogP contribution in [0.2, 0.25) is 0 Å². The van der Waals surface area contributed by atoms with Crippen LogP contribution in [0.15, 0.2) is 53.7 Å². The molecule has 0 radical (unpaired) electrons. The molecule has 0 bridgehead atoms. The number of hydrogen-bond acceptors (Lipinski definition) is 4. The number of pyridine rings is 1. The van der Waals surface area contributed by atoms with E-state index in [0.29, 0.717) is 0 Å². The van der Waals surface area contributed by atoms with E-state index >= 15 is 0 Å². The lowest BCUT2D eigenvalue weighted by atomic mass is 10.1. The quantitative estimate of drug-likeness (QED) is 0.929. The first-order chi connectivity index (χ1) is 11.6. The predicted molar refractivity (Wildman–Crippen MR) is 94.9 cm³/mol. The summed E-state index contributed by atoms with van der Waals surface area (Å²) in [5, 5.41) is 3.30. The Morgan fingerprint density at radius 2 is 2.04 bits per heavy atom. The molecule has 2 amide bonds. The van der Waals surface area contributed by atoms with Crippen molar-refractivity contribution in [2.45, 2.75) is 29.7 Å². The lowest BCUT2D eigenvalue weighted by molar-refractivity contribution is -0.125. The van der Waals surface area contributed by atoms with Crippen LogP contribution >= 0.6 is 11.8 Å². The molecule has 0 spiro atoms. The highest BCUT2D eigenvalue weighted by molar-refractivity contribution is 8.00. The SMILES string of the molecule is C[C@@H](NC(=O)C[C@@H]1Sc2ncccc2N(C)C1=O)c1ccccc1. The smallest absolute Gasteiger partial charge is 0.240 e. The third kappa shape index (κ3) is 3.43. The average molecular weight is 341 g/mol. The minimum absolute atomic E-state index is 0.0667. The molecule has 2 heterocycles. The van der Waals surface area contributed by atoms with Gasteiger partial charge in [0.05, 0.1) is 17.0 Å². The van der Waals surface area contributed by atoms with E-state index in [0.717, 1.165) is 16.3 Å². The Labute approximate surface area is 145 Å². The fraction of sp³-hybridized carbons (Fsp3) is 0.278. The van der Waals surface area contributed by atoms with Crippen LogP contribution in [-0.2, 0) is 9.59 Å². The van der Waals surface area contributed by atoms with Crippen LogP contribution in [0.1, 0.15) is 24.9 Å². The van der Waals surface area contributed by atoms with Crippen LogP contribution in [0.4, 0.5) is 5.69 Å². The summed E-state index contributed by atoms with van der Waals surface area (Å²) in [4.78, 5) is 30.7. The van der Waals surface area contributed by atoms with Crippen LogP contribution in [0, 0.1) is 0 Å². The predicted octanol–water partition coefficient (Wildman–Crippen LogP) is 2.79. The maximum atomic E-state index is 12.5. The second-order valence-electron chi connectivity index (χ2n) is 5.74. The lowest BCUT2D eigenvalue weighted by Crippen LogP contribution is -2.41. The highest BCUT2D eigenvalue weighted by atomic mass is 32.2. The van der Waals surface area contributed by atoms with Gasteiger partial charge in [-0.05, 0) is 24.6 Å². The van der Waals surface area contributed by atoms with E-state index in [2.05, 4.69) is 10.3 Å². The number of benzene rings is 1. The van der Waals surface area contributed by atoms with Gasteiger partial charge in [0, 0.05) is 19.7 Å². The molecule has 0 fully saturated rings. The van der Waals surface area contributed by atoms with Crippen molar-refractivity contribution in [3.8, 4) is 0 Å². The molecule has 5 nitrogen and oxygen atoms in total. The van der Waals surface area contributed by atoms with Crippen LogP contribution in [0.25, 0.3) is 0 Å². The maximum absolute atomic E-state index is 12.5. The third-order valence-electron chi connectivity index (χ3n) is 4.02. The topological polar surface area (TPSA) is 62.3 Å². The zero-order valence-electron chi connectivity index (χ0n) is 13.6. The summed E-state index contributed by atoms with van der Waals surface area (Å²) < 4.78 is 0. The number of rotatable bonds is 4. The molecule has 1 aromatic heterocycles. The summed E-state index contributed by atoms with van der Waals surface area (Å²) in [6.07, 6.45) is 1.84. The van der Waals surface area contributed by atoms with Gasteiger partial charge in [-0.2, -0.15) is 0 Å². The van der Waals surface area contributed by atoms with E-state index in [1.54, 1.807) is 24.2 Å².